The highest BCUT2D eigenvalue weighted by Crippen LogP contribution is 2.27. The molecule has 1 aliphatic rings. The number of sulfone groups is 1. The minimum absolute atomic E-state index is 0.0657. The first kappa shape index (κ1) is 14.8. The SMILES string of the molecule is CS(=O)(=O)c1ccc(O)c(NC(=O)C2CCNCC2)c1. The van der Waals surface area contributed by atoms with Crippen molar-refractivity contribution < 1.29 is 18.3 Å². The zero-order valence-electron chi connectivity index (χ0n) is 11.2. The second kappa shape index (κ2) is 5.80. The summed E-state index contributed by atoms with van der Waals surface area (Å²) in [7, 11) is -3.38. The smallest absolute Gasteiger partial charge is 0.227 e. The molecule has 1 aromatic carbocycles. The molecule has 0 aromatic heterocycles. The number of hydrogen-bond donors (Lipinski definition) is 3. The molecule has 0 unspecified atom stereocenters. The van der Waals surface area contributed by atoms with Gasteiger partial charge in [0.2, 0.25) is 5.91 Å². The fraction of sp³-hybridized carbons (Fsp3) is 0.462. The van der Waals surface area contributed by atoms with Gasteiger partial charge in [0, 0.05) is 12.2 Å². The number of nitrogens with one attached hydrogen (secondary N) is 2. The van der Waals surface area contributed by atoms with E-state index in [4.69, 9.17) is 0 Å². The Morgan fingerprint density at radius 1 is 1.35 bits per heavy atom. The molecule has 7 heteroatoms. The summed E-state index contributed by atoms with van der Waals surface area (Å²) in [6, 6.07) is 3.86. The van der Waals surface area contributed by atoms with Crippen molar-refractivity contribution in [2.75, 3.05) is 24.7 Å². The Bertz CT molecular complexity index is 607. The fourth-order valence-corrected chi connectivity index (χ4v) is 2.81. The van der Waals surface area contributed by atoms with Crippen LogP contribution in [-0.2, 0) is 14.6 Å². The molecule has 2 rings (SSSR count). The highest BCUT2D eigenvalue weighted by molar-refractivity contribution is 7.90. The predicted molar refractivity (Wildman–Crippen MR) is 75.4 cm³/mol. The number of benzene rings is 1. The molecule has 1 aromatic rings. The molecule has 0 spiro atoms. The Morgan fingerprint density at radius 2 is 2.00 bits per heavy atom. The third kappa shape index (κ3) is 3.49. The third-order valence-corrected chi connectivity index (χ3v) is 4.47. The van der Waals surface area contributed by atoms with Crippen molar-refractivity contribution in [3.8, 4) is 5.75 Å². The van der Waals surface area contributed by atoms with Gasteiger partial charge < -0.3 is 15.7 Å². The van der Waals surface area contributed by atoms with Crippen molar-refractivity contribution in [2.45, 2.75) is 17.7 Å². The molecule has 6 nitrogen and oxygen atoms in total. The molecule has 1 heterocycles. The quantitative estimate of drug-likeness (QED) is 0.715. The summed E-state index contributed by atoms with van der Waals surface area (Å²) in [5.74, 6) is -0.440. The number of piperidine rings is 1. The molecule has 1 saturated heterocycles. The van der Waals surface area contributed by atoms with Crippen molar-refractivity contribution in [3.05, 3.63) is 18.2 Å². The molecule has 3 N–H and O–H groups in total. The van der Waals surface area contributed by atoms with Crippen molar-refractivity contribution in [1.82, 2.24) is 5.32 Å². The maximum Gasteiger partial charge on any atom is 0.227 e. The molecule has 0 bridgehead atoms. The van der Waals surface area contributed by atoms with Crippen LogP contribution in [0, 0.1) is 5.92 Å². The lowest BCUT2D eigenvalue weighted by Gasteiger charge is -2.22. The van der Waals surface area contributed by atoms with Crippen LogP contribution in [0.4, 0.5) is 5.69 Å². The van der Waals surface area contributed by atoms with Crippen LogP contribution in [0.3, 0.4) is 0 Å². The molecule has 0 saturated carbocycles. The lowest BCUT2D eigenvalue weighted by Crippen LogP contribution is -2.34. The second-order valence-electron chi connectivity index (χ2n) is 4.96. The number of amides is 1. The first-order chi connectivity index (χ1) is 9.38. The largest absolute Gasteiger partial charge is 0.506 e. The van der Waals surface area contributed by atoms with E-state index in [1.54, 1.807) is 0 Å². The van der Waals surface area contributed by atoms with E-state index < -0.39 is 9.84 Å². The van der Waals surface area contributed by atoms with Crippen molar-refractivity contribution in [1.29, 1.82) is 0 Å². The molecule has 1 aliphatic heterocycles. The number of phenolic OH excluding ortho intramolecular Hbond substituents is 1. The van der Waals surface area contributed by atoms with E-state index in [2.05, 4.69) is 10.6 Å². The summed E-state index contributed by atoms with van der Waals surface area (Å²) in [6.45, 7) is 1.57. The number of aromatic hydroxyl groups is 1. The second-order valence-corrected chi connectivity index (χ2v) is 6.98. The zero-order chi connectivity index (χ0) is 14.8. The van der Waals surface area contributed by atoms with Gasteiger partial charge in [0.15, 0.2) is 9.84 Å². The summed E-state index contributed by atoms with van der Waals surface area (Å²) >= 11 is 0. The summed E-state index contributed by atoms with van der Waals surface area (Å²) in [6.07, 6.45) is 2.55. The number of carbonyl (C=O) groups is 1. The number of anilines is 1. The van der Waals surface area contributed by atoms with Crippen LogP contribution in [0.1, 0.15) is 12.8 Å². The topological polar surface area (TPSA) is 95.5 Å². The van der Waals surface area contributed by atoms with E-state index in [-0.39, 0.29) is 28.2 Å². The van der Waals surface area contributed by atoms with Crippen molar-refractivity contribution in [2.24, 2.45) is 5.92 Å². The highest BCUT2D eigenvalue weighted by Gasteiger charge is 2.22. The van der Waals surface area contributed by atoms with Crippen LogP contribution in [0.5, 0.6) is 5.75 Å². The van der Waals surface area contributed by atoms with Crippen LogP contribution < -0.4 is 10.6 Å². The summed E-state index contributed by atoms with van der Waals surface area (Å²) in [4.78, 5) is 12.1. The Morgan fingerprint density at radius 3 is 2.60 bits per heavy atom. The van der Waals surface area contributed by atoms with Gasteiger partial charge in [-0.3, -0.25) is 4.79 Å². The molecule has 1 amide bonds. The van der Waals surface area contributed by atoms with Gasteiger partial charge >= 0.3 is 0 Å². The molecule has 0 atom stereocenters. The summed E-state index contributed by atoms with van der Waals surface area (Å²) < 4.78 is 23.0. The van der Waals surface area contributed by atoms with E-state index in [0.29, 0.717) is 0 Å². The van der Waals surface area contributed by atoms with Crippen LogP contribution in [0.15, 0.2) is 23.1 Å². The van der Waals surface area contributed by atoms with Crippen molar-refractivity contribution in [3.63, 3.8) is 0 Å². The normalized spacial score (nSPS) is 16.9. The Labute approximate surface area is 118 Å². The molecule has 0 radical (unpaired) electrons. The molecular weight excluding hydrogens is 280 g/mol. The molecular formula is C13H18N2O4S. The van der Waals surface area contributed by atoms with Gasteiger partial charge in [0.05, 0.1) is 10.6 Å². The minimum atomic E-state index is -3.38. The summed E-state index contributed by atoms with van der Waals surface area (Å²) in [5, 5.41) is 15.5. The Hall–Kier alpha value is -1.60. The lowest BCUT2D eigenvalue weighted by atomic mass is 9.97. The van der Waals surface area contributed by atoms with Crippen LogP contribution in [0.25, 0.3) is 0 Å². The number of rotatable bonds is 3. The van der Waals surface area contributed by atoms with Gasteiger partial charge in [-0.25, -0.2) is 8.42 Å². The van der Waals surface area contributed by atoms with E-state index in [9.17, 15) is 18.3 Å². The number of carbonyl (C=O) groups excluding carboxylic acids is 1. The fourth-order valence-electron chi connectivity index (χ4n) is 2.16. The van der Waals surface area contributed by atoms with Crippen molar-refractivity contribution >= 4 is 21.4 Å². The van der Waals surface area contributed by atoms with E-state index in [1.165, 1.54) is 18.2 Å². The Kier molecular flexibility index (Phi) is 4.29. The van der Waals surface area contributed by atoms with Gasteiger partial charge in [-0.2, -0.15) is 0 Å². The Balaban J connectivity index is 2.18. The van der Waals surface area contributed by atoms with Gasteiger partial charge in [-0.05, 0) is 44.1 Å². The van der Waals surface area contributed by atoms with E-state index >= 15 is 0 Å². The van der Waals surface area contributed by atoms with E-state index in [0.717, 1.165) is 32.2 Å². The number of phenols is 1. The van der Waals surface area contributed by atoms with Crippen LogP contribution >= 0.6 is 0 Å². The van der Waals surface area contributed by atoms with Gasteiger partial charge in [-0.15, -0.1) is 0 Å². The molecule has 0 aliphatic carbocycles. The minimum Gasteiger partial charge on any atom is -0.506 e. The highest BCUT2D eigenvalue weighted by atomic mass is 32.2. The maximum atomic E-state index is 12.1. The maximum absolute atomic E-state index is 12.1. The first-order valence-electron chi connectivity index (χ1n) is 6.42. The lowest BCUT2D eigenvalue weighted by molar-refractivity contribution is -0.120. The third-order valence-electron chi connectivity index (χ3n) is 3.36. The molecule has 110 valence electrons. The van der Waals surface area contributed by atoms with Gasteiger partial charge in [0.25, 0.3) is 0 Å². The predicted octanol–water partition coefficient (Wildman–Crippen LogP) is 0.734. The monoisotopic (exact) mass is 298 g/mol. The number of hydrogen-bond acceptors (Lipinski definition) is 5. The average Bonchev–Trinajstić information content (AvgIpc) is 2.41. The standard InChI is InChI=1S/C13H18N2O4S/c1-20(18,19)10-2-3-12(16)11(8-10)15-13(17)9-4-6-14-7-5-9/h2-3,8-9,14,16H,4-7H2,1H3,(H,15,17). The van der Waals surface area contributed by atoms with Crippen LogP contribution in [-0.4, -0.2) is 38.8 Å². The van der Waals surface area contributed by atoms with Gasteiger partial charge in [0.1, 0.15) is 5.75 Å². The summed E-state index contributed by atoms with van der Waals surface area (Å²) in [5.41, 5.74) is 0.136. The first-order valence-corrected chi connectivity index (χ1v) is 8.32. The van der Waals surface area contributed by atoms with E-state index in [1.807, 2.05) is 0 Å². The van der Waals surface area contributed by atoms with Crippen LogP contribution in [0.2, 0.25) is 0 Å². The zero-order valence-corrected chi connectivity index (χ0v) is 12.0. The average molecular weight is 298 g/mol. The molecule has 20 heavy (non-hydrogen) atoms. The van der Waals surface area contributed by atoms with Gasteiger partial charge in [-0.1, -0.05) is 0 Å². The molecule has 1 fully saturated rings.